The lowest BCUT2D eigenvalue weighted by atomic mass is 10.0. The molecule has 0 aliphatic rings. The lowest BCUT2D eigenvalue weighted by Gasteiger charge is -2.20. The van der Waals surface area contributed by atoms with Crippen LogP contribution >= 0.6 is 7.82 Å². The summed E-state index contributed by atoms with van der Waals surface area (Å²) in [5.74, 6) is -1.16. The van der Waals surface area contributed by atoms with Gasteiger partial charge in [-0.05, 0) is 25.7 Å². The van der Waals surface area contributed by atoms with Crippen molar-refractivity contribution in [2.24, 2.45) is 5.73 Å². The van der Waals surface area contributed by atoms with Gasteiger partial charge in [-0.25, -0.2) is 4.57 Å². The van der Waals surface area contributed by atoms with Crippen molar-refractivity contribution in [3.63, 3.8) is 0 Å². The van der Waals surface area contributed by atoms with Crippen molar-refractivity contribution >= 4 is 19.8 Å². The van der Waals surface area contributed by atoms with Gasteiger partial charge in [0.2, 0.25) is 0 Å². The van der Waals surface area contributed by atoms with Crippen LogP contribution in [0.4, 0.5) is 0 Å². The summed E-state index contributed by atoms with van der Waals surface area (Å²) in [5, 5.41) is 30.4. The zero-order valence-corrected chi connectivity index (χ0v) is 33.5. The maximum Gasteiger partial charge on any atom is 0.472 e. The number of rotatable bonds is 36. The van der Waals surface area contributed by atoms with Crippen LogP contribution in [0.25, 0.3) is 0 Å². The number of aliphatic hydroxyl groups excluding tert-OH is 3. The van der Waals surface area contributed by atoms with E-state index in [0.717, 1.165) is 44.9 Å². The van der Waals surface area contributed by atoms with Gasteiger partial charge in [-0.15, -0.1) is 0 Å². The zero-order valence-electron chi connectivity index (χ0n) is 32.6. The molecule has 0 aliphatic heterocycles. The molecule has 0 aromatic carbocycles. The number of nitrogens with two attached hydrogens (primary N) is 1. The largest absolute Gasteiger partial charge is 0.472 e. The number of aliphatic hydroxyl groups is 3. The van der Waals surface area contributed by atoms with Crippen LogP contribution < -0.4 is 5.73 Å². The Bertz CT molecular complexity index is 1070. The van der Waals surface area contributed by atoms with Crippen molar-refractivity contribution in [2.45, 2.75) is 167 Å². The number of phosphoric acid groups is 1. The van der Waals surface area contributed by atoms with Crippen molar-refractivity contribution in [1.29, 1.82) is 0 Å². The molecule has 53 heavy (non-hydrogen) atoms. The predicted molar refractivity (Wildman–Crippen MR) is 210 cm³/mol. The van der Waals surface area contributed by atoms with Gasteiger partial charge in [0.15, 0.2) is 6.10 Å². The average molecular weight is 774 g/mol. The molecule has 0 rings (SSSR count). The molecule has 0 aromatic heterocycles. The first kappa shape index (κ1) is 50.9. The number of carbonyl (C=O) groups is 2. The number of carbonyl (C=O) groups excluding carboxylic acids is 2. The van der Waals surface area contributed by atoms with Gasteiger partial charge in [0.05, 0.1) is 31.5 Å². The molecule has 13 heteroatoms. The first-order chi connectivity index (χ1) is 25.5. The second kappa shape index (κ2) is 35.5. The number of unbranched alkanes of at least 4 members (excludes halogenated alkanes) is 13. The summed E-state index contributed by atoms with van der Waals surface area (Å²) in [5.41, 5.74) is 5.31. The Hall–Kier alpha value is -2.15. The minimum atomic E-state index is -4.45. The number of phosphoric ester groups is 1. The van der Waals surface area contributed by atoms with Crippen LogP contribution in [-0.2, 0) is 32.7 Å². The molecule has 1 unspecified atom stereocenters. The fraction of sp³-hybridized carbons (Fsp3) is 0.750. The SMILES string of the molecule is CCCCCCCCCCCCCCC(=O)O[C@H](COC(=O)CCC[C@@H](O)[C@H](O)/C=C/C=C/C=C\C=C\[C@H](O)CCCCC)COP(=O)(O)OCCN. The lowest BCUT2D eigenvalue weighted by molar-refractivity contribution is -0.161. The van der Waals surface area contributed by atoms with Crippen molar-refractivity contribution in [3.05, 3.63) is 48.6 Å². The van der Waals surface area contributed by atoms with Crippen LogP contribution in [0, 0.1) is 0 Å². The van der Waals surface area contributed by atoms with Crippen LogP contribution in [-0.4, -0.2) is 82.9 Å². The Balaban J connectivity index is 4.55. The molecule has 0 radical (unpaired) electrons. The van der Waals surface area contributed by atoms with E-state index in [4.69, 9.17) is 24.3 Å². The molecule has 0 fully saturated rings. The Morgan fingerprint density at radius 1 is 0.642 bits per heavy atom. The highest BCUT2D eigenvalue weighted by Gasteiger charge is 2.26. The van der Waals surface area contributed by atoms with Crippen LogP contribution in [0.3, 0.4) is 0 Å². The number of ether oxygens (including phenoxy) is 2. The molecule has 12 nitrogen and oxygen atoms in total. The molecule has 0 bridgehead atoms. The first-order valence-corrected chi connectivity index (χ1v) is 21.4. The van der Waals surface area contributed by atoms with Crippen molar-refractivity contribution in [3.8, 4) is 0 Å². The van der Waals surface area contributed by atoms with Crippen LogP contribution in [0.2, 0.25) is 0 Å². The normalized spacial score (nSPS) is 15.7. The van der Waals surface area contributed by atoms with Crippen LogP contribution in [0.15, 0.2) is 48.6 Å². The third-order valence-electron chi connectivity index (χ3n) is 8.33. The van der Waals surface area contributed by atoms with E-state index in [0.29, 0.717) is 6.42 Å². The van der Waals surface area contributed by atoms with Gasteiger partial charge in [-0.2, -0.15) is 0 Å². The monoisotopic (exact) mass is 773 g/mol. The summed E-state index contributed by atoms with van der Waals surface area (Å²) < 4.78 is 32.4. The maximum atomic E-state index is 12.5. The van der Waals surface area contributed by atoms with E-state index in [1.165, 1.54) is 57.4 Å². The number of hydrogen-bond donors (Lipinski definition) is 5. The molecular formula is C40H72NO11P. The summed E-state index contributed by atoms with van der Waals surface area (Å²) in [4.78, 5) is 34.8. The molecule has 5 atom stereocenters. The number of allylic oxidation sites excluding steroid dienone is 6. The predicted octanol–water partition coefficient (Wildman–Crippen LogP) is 7.68. The van der Waals surface area contributed by atoms with Gasteiger partial charge >= 0.3 is 19.8 Å². The Morgan fingerprint density at radius 3 is 1.77 bits per heavy atom. The average Bonchev–Trinajstić information content (AvgIpc) is 3.13. The van der Waals surface area contributed by atoms with Gasteiger partial charge in [0, 0.05) is 19.4 Å². The second-order valence-electron chi connectivity index (χ2n) is 13.4. The minimum Gasteiger partial charge on any atom is -0.462 e. The molecular weight excluding hydrogens is 701 g/mol. The van der Waals surface area contributed by atoms with E-state index < -0.39 is 57.4 Å². The summed E-state index contributed by atoms with van der Waals surface area (Å²) in [6.07, 6.45) is 28.0. The zero-order chi connectivity index (χ0) is 39.4. The molecule has 0 aromatic rings. The second-order valence-corrected chi connectivity index (χ2v) is 14.8. The molecule has 0 saturated heterocycles. The molecule has 6 N–H and O–H groups in total. The summed E-state index contributed by atoms with van der Waals surface area (Å²) in [6, 6.07) is 0. The smallest absolute Gasteiger partial charge is 0.462 e. The molecule has 0 saturated carbocycles. The van der Waals surface area contributed by atoms with Crippen molar-refractivity contribution < 1.29 is 52.9 Å². The standard InChI is InChI=1S/C40H72NO11P/c1-3-5-7-8-9-10-11-12-13-14-19-23-29-40(46)52-36(34-51-53(47,48)50-32-31-41)33-49-39(45)30-24-28-38(44)37(43)27-22-18-16-15-17-21-26-35(42)25-20-6-4-2/h15-18,21-22,26-27,35-38,42-44H,3-14,19-20,23-25,28-34,41H2,1-2H3,(H,47,48)/b17-15-,18-16+,26-21+,27-22+/t35-,36-,37-,38-/m1/s1. The Morgan fingerprint density at radius 2 is 1.17 bits per heavy atom. The van der Waals surface area contributed by atoms with E-state index in [2.05, 4.69) is 13.8 Å². The summed E-state index contributed by atoms with van der Waals surface area (Å²) in [6.45, 7) is 3.21. The molecule has 0 aliphatic carbocycles. The highest BCUT2D eigenvalue weighted by Crippen LogP contribution is 2.43. The third kappa shape index (κ3) is 34.1. The minimum absolute atomic E-state index is 0.00405. The summed E-state index contributed by atoms with van der Waals surface area (Å²) >= 11 is 0. The Labute approximate surface area is 319 Å². The third-order valence-corrected chi connectivity index (χ3v) is 9.32. The lowest BCUT2D eigenvalue weighted by Crippen LogP contribution is -2.30. The molecule has 0 heterocycles. The maximum absolute atomic E-state index is 12.5. The number of hydrogen-bond acceptors (Lipinski definition) is 11. The fourth-order valence-corrected chi connectivity index (χ4v) is 5.96. The van der Waals surface area contributed by atoms with Gasteiger partial charge in [0.25, 0.3) is 0 Å². The fourth-order valence-electron chi connectivity index (χ4n) is 5.19. The topological polar surface area (TPSA) is 195 Å². The van der Waals surface area contributed by atoms with Crippen LogP contribution in [0.1, 0.15) is 142 Å². The van der Waals surface area contributed by atoms with E-state index in [-0.39, 0.29) is 38.8 Å². The summed E-state index contributed by atoms with van der Waals surface area (Å²) in [7, 11) is -4.45. The van der Waals surface area contributed by atoms with E-state index in [1.807, 2.05) is 0 Å². The van der Waals surface area contributed by atoms with Crippen molar-refractivity contribution in [1.82, 2.24) is 0 Å². The van der Waals surface area contributed by atoms with E-state index in [9.17, 15) is 34.4 Å². The highest BCUT2D eigenvalue weighted by molar-refractivity contribution is 7.47. The highest BCUT2D eigenvalue weighted by atomic mass is 31.2. The van der Waals surface area contributed by atoms with Gasteiger partial charge in [-0.1, -0.05) is 152 Å². The first-order valence-electron chi connectivity index (χ1n) is 19.9. The molecule has 0 spiro atoms. The van der Waals surface area contributed by atoms with Crippen molar-refractivity contribution in [2.75, 3.05) is 26.4 Å². The molecule has 0 amide bonds. The number of esters is 2. The van der Waals surface area contributed by atoms with Crippen LogP contribution in [0.5, 0.6) is 0 Å². The Kier molecular flexibility index (Phi) is 34.1. The van der Waals surface area contributed by atoms with Gasteiger partial charge < -0.3 is 35.4 Å². The van der Waals surface area contributed by atoms with E-state index in [1.54, 1.807) is 42.5 Å². The van der Waals surface area contributed by atoms with E-state index >= 15 is 0 Å². The van der Waals surface area contributed by atoms with Gasteiger partial charge in [-0.3, -0.25) is 18.6 Å². The molecule has 308 valence electrons. The quantitative estimate of drug-likeness (QED) is 0.0181. The van der Waals surface area contributed by atoms with Gasteiger partial charge in [0.1, 0.15) is 6.61 Å².